The molecule has 1 aromatic heterocycles. The molecule has 0 spiro atoms. The number of carbonyl (C=O) groups is 1. The molecule has 0 saturated heterocycles. The van der Waals surface area contributed by atoms with Crippen molar-refractivity contribution in [2.24, 2.45) is 17.8 Å². The molecule has 126 valence electrons. The van der Waals surface area contributed by atoms with Crippen molar-refractivity contribution in [2.45, 2.75) is 62.9 Å². The van der Waals surface area contributed by atoms with Crippen LogP contribution < -0.4 is 11.1 Å². The van der Waals surface area contributed by atoms with Gasteiger partial charge in [-0.25, -0.2) is 9.97 Å². The number of nitrogen functional groups attached to an aromatic ring is 1. The monoisotopic (exact) mass is 334 g/mol. The molecule has 1 amide bonds. The number of rotatable bonds is 5. The lowest BCUT2D eigenvalue weighted by molar-refractivity contribution is -0.121. The smallest absolute Gasteiger partial charge is 0.233 e. The van der Waals surface area contributed by atoms with E-state index in [-0.39, 0.29) is 17.2 Å². The lowest BCUT2D eigenvalue weighted by Gasteiger charge is -2.29. The van der Waals surface area contributed by atoms with Crippen molar-refractivity contribution < 1.29 is 4.79 Å². The van der Waals surface area contributed by atoms with Gasteiger partial charge in [-0.05, 0) is 57.8 Å². The fourth-order valence-electron chi connectivity index (χ4n) is 4.18. The summed E-state index contributed by atoms with van der Waals surface area (Å²) in [6, 6.07) is 1.98. The van der Waals surface area contributed by atoms with Gasteiger partial charge in [-0.1, -0.05) is 18.2 Å². The Morgan fingerprint density at radius 3 is 2.74 bits per heavy atom. The Bertz CT molecular complexity index is 574. The van der Waals surface area contributed by atoms with Crippen molar-refractivity contribution in [3.05, 3.63) is 11.8 Å². The molecule has 1 aromatic rings. The molecule has 6 heteroatoms. The molecule has 5 nitrogen and oxygen atoms in total. The van der Waals surface area contributed by atoms with Gasteiger partial charge in [0, 0.05) is 17.8 Å². The Morgan fingerprint density at radius 1 is 1.35 bits per heavy atom. The summed E-state index contributed by atoms with van der Waals surface area (Å²) in [6.45, 7) is 5.93. The van der Waals surface area contributed by atoms with Crippen molar-refractivity contribution in [3.63, 3.8) is 0 Å². The quantitative estimate of drug-likeness (QED) is 0.639. The van der Waals surface area contributed by atoms with Gasteiger partial charge in [0.2, 0.25) is 5.91 Å². The molecule has 2 saturated carbocycles. The van der Waals surface area contributed by atoms with Crippen molar-refractivity contribution in [2.75, 3.05) is 5.73 Å². The topological polar surface area (TPSA) is 80.9 Å². The highest BCUT2D eigenvalue weighted by molar-refractivity contribution is 8.00. The van der Waals surface area contributed by atoms with Gasteiger partial charge in [-0.3, -0.25) is 4.79 Å². The summed E-state index contributed by atoms with van der Waals surface area (Å²) < 4.78 is 0. The van der Waals surface area contributed by atoms with Gasteiger partial charge in [0.1, 0.15) is 5.82 Å². The lowest BCUT2D eigenvalue weighted by atomic mass is 9.84. The molecule has 2 aliphatic carbocycles. The van der Waals surface area contributed by atoms with Crippen LogP contribution in [0, 0.1) is 24.7 Å². The van der Waals surface area contributed by atoms with Gasteiger partial charge in [0.15, 0.2) is 5.16 Å². The first kappa shape index (κ1) is 16.6. The number of aromatic nitrogens is 2. The van der Waals surface area contributed by atoms with E-state index in [1.807, 2.05) is 13.8 Å². The maximum absolute atomic E-state index is 12.5. The maximum Gasteiger partial charge on any atom is 0.233 e. The van der Waals surface area contributed by atoms with Gasteiger partial charge >= 0.3 is 0 Å². The second-order valence-corrected chi connectivity index (χ2v) is 8.42. The summed E-state index contributed by atoms with van der Waals surface area (Å²) in [5.74, 6) is 2.88. The van der Waals surface area contributed by atoms with E-state index in [0.717, 1.165) is 17.5 Å². The van der Waals surface area contributed by atoms with E-state index in [1.54, 1.807) is 6.07 Å². The highest BCUT2D eigenvalue weighted by Crippen LogP contribution is 2.49. The van der Waals surface area contributed by atoms with Gasteiger partial charge < -0.3 is 11.1 Å². The number of anilines is 1. The largest absolute Gasteiger partial charge is 0.384 e. The summed E-state index contributed by atoms with van der Waals surface area (Å²) in [5.41, 5.74) is 6.57. The SMILES string of the molecule is Cc1cc(N)nc(SC(C)C(=O)NC(C)C2CC3CCC2C3)n1. The Morgan fingerprint density at radius 2 is 2.13 bits per heavy atom. The third-order valence-electron chi connectivity index (χ3n) is 5.31. The zero-order valence-corrected chi connectivity index (χ0v) is 14.9. The minimum absolute atomic E-state index is 0.0638. The second kappa shape index (κ2) is 6.67. The Hall–Kier alpha value is -1.30. The molecule has 3 N–H and O–H groups in total. The molecule has 0 aliphatic heterocycles. The number of carbonyl (C=O) groups excluding carboxylic acids is 1. The average Bonchev–Trinajstić information content (AvgIpc) is 3.08. The Balaban J connectivity index is 1.55. The summed E-state index contributed by atoms with van der Waals surface area (Å²) in [7, 11) is 0. The average molecular weight is 334 g/mol. The molecule has 2 fully saturated rings. The Kier molecular flexibility index (Phi) is 4.80. The van der Waals surface area contributed by atoms with Crippen LogP contribution in [-0.4, -0.2) is 27.2 Å². The van der Waals surface area contributed by atoms with Crippen LogP contribution in [0.1, 0.15) is 45.2 Å². The van der Waals surface area contributed by atoms with Crippen LogP contribution in [0.4, 0.5) is 5.82 Å². The van der Waals surface area contributed by atoms with Crippen LogP contribution in [0.25, 0.3) is 0 Å². The third-order valence-corrected chi connectivity index (χ3v) is 6.27. The van der Waals surface area contributed by atoms with Crippen molar-refractivity contribution in [1.82, 2.24) is 15.3 Å². The van der Waals surface area contributed by atoms with Gasteiger partial charge in [-0.2, -0.15) is 0 Å². The number of amides is 1. The van der Waals surface area contributed by atoms with E-state index in [9.17, 15) is 4.79 Å². The molecule has 5 unspecified atom stereocenters. The fraction of sp³-hybridized carbons (Fsp3) is 0.706. The van der Waals surface area contributed by atoms with Crippen molar-refractivity contribution in [3.8, 4) is 0 Å². The number of fused-ring (bicyclic) bond motifs is 2. The first-order valence-corrected chi connectivity index (χ1v) is 9.38. The number of hydrogen-bond acceptors (Lipinski definition) is 5. The predicted octanol–water partition coefficient (Wildman–Crippen LogP) is 2.79. The molecular weight excluding hydrogens is 308 g/mol. The minimum Gasteiger partial charge on any atom is -0.384 e. The minimum atomic E-state index is -0.225. The van der Waals surface area contributed by atoms with Crippen molar-refractivity contribution in [1.29, 1.82) is 0 Å². The van der Waals surface area contributed by atoms with Crippen LogP contribution in [0.2, 0.25) is 0 Å². The summed E-state index contributed by atoms with van der Waals surface area (Å²) >= 11 is 1.37. The number of aryl methyl sites for hydroxylation is 1. The molecule has 5 atom stereocenters. The van der Waals surface area contributed by atoms with Crippen LogP contribution in [0.3, 0.4) is 0 Å². The molecule has 23 heavy (non-hydrogen) atoms. The van der Waals surface area contributed by atoms with Gasteiger partial charge in [0.05, 0.1) is 5.25 Å². The number of thioether (sulfide) groups is 1. The summed E-state index contributed by atoms with van der Waals surface area (Å²) in [6.07, 6.45) is 5.38. The third kappa shape index (κ3) is 3.79. The summed E-state index contributed by atoms with van der Waals surface area (Å²) in [5, 5.41) is 3.55. The normalized spacial score (nSPS) is 28.6. The Labute approximate surface area is 142 Å². The van der Waals surface area contributed by atoms with Crippen LogP contribution in [0.15, 0.2) is 11.2 Å². The molecule has 2 aliphatic rings. The van der Waals surface area contributed by atoms with E-state index in [1.165, 1.54) is 37.4 Å². The number of nitrogens with two attached hydrogens (primary N) is 1. The van der Waals surface area contributed by atoms with E-state index in [0.29, 0.717) is 16.9 Å². The lowest BCUT2D eigenvalue weighted by Crippen LogP contribution is -2.43. The molecule has 2 bridgehead atoms. The standard InChI is InChI=1S/C17H26N4OS/c1-9-6-15(18)21-17(19-9)23-11(3)16(22)20-10(2)14-8-12-4-5-13(14)7-12/h6,10-14H,4-5,7-8H2,1-3H3,(H,20,22)(H2,18,19,21). The van der Waals surface area contributed by atoms with Crippen LogP contribution >= 0.6 is 11.8 Å². The number of nitrogens with one attached hydrogen (secondary N) is 1. The number of nitrogens with zero attached hydrogens (tertiary/aromatic N) is 2. The van der Waals surface area contributed by atoms with E-state index >= 15 is 0 Å². The van der Waals surface area contributed by atoms with Crippen LogP contribution in [-0.2, 0) is 4.79 Å². The molecular formula is C17H26N4OS. The number of hydrogen-bond donors (Lipinski definition) is 2. The zero-order valence-electron chi connectivity index (χ0n) is 14.1. The molecule has 0 radical (unpaired) electrons. The van der Waals surface area contributed by atoms with E-state index in [4.69, 9.17) is 5.73 Å². The van der Waals surface area contributed by atoms with Crippen LogP contribution in [0.5, 0.6) is 0 Å². The van der Waals surface area contributed by atoms with Gasteiger partial charge in [0.25, 0.3) is 0 Å². The second-order valence-electron chi connectivity index (χ2n) is 7.11. The van der Waals surface area contributed by atoms with E-state index < -0.39 is 0 Å². The first-order chi connectivity index (χ1) is 10.9. The first-order valence-electron chi connectivity index (χ1n) is 8.50. The fourth-order valence-corrected chi connectivity index (χ4v) is 5.03. The predicted molar refractivity (Wildman–Crippen MR) is 93.0 cm³/mol. The molecule has 0 aromatic carbocycles. The highest BCUT2D eigenvalue weighted by atomic mass is 32.2. The molecule has 3 rings (SSSR count). The van der Waals surface area contributed by atoms with E-state index in [2.05, 4.69) is 22.2 Å². The van der Waals surface area contributed by atoms with Gasteiger partial charge in [-0.15, -0.1) is 0 Å². The maximum atomic E-state index is 12.5. The summed E-state index contributed by atoms with van der Waals surface area (Å²) in [4.78, 5) is 21.0. The molecule has 1 heterocycles. The van der Waals surface area contributed by atoms with Crippen molar-refractivity contribution >= 4 is 23.5 Å². The zero-order chi connectivity index (χ0) is 16.6. The highest BCUT2D eigenvalue weighted by Gasteiger charge is 2.42.